The first-order valence-corrected chi connectivity index (χ1v) is 14.0. The van der Waals surface area contributed by atoms with Crippen molar-refractivity contribution in [3.63, 3.8) is 0 Å². The number of hydrogen-bond donors (Lipinski definition) is 1. The van der Waals surface area contributed by atoms with Crippen LogP contribution in [-0.2, 0) is 26.2 Å². The Morgan fingerprint density at radius 1 is 1.00 bits per heavy atom. The van der Waals surface area contributed by atoms with Crippen LogP contribution < -0.4 is 14.4 Å². The molecule has 3 aromatic rings. The number of sulfonamides is 1. The second-order valence-electron chi connectivity index (χ2n) is 8.32. The van der Waals surface area contributed by atoms with Crippen molar-refractivity contribution in [3.8, 4) is 5.75 Å². The average molecular weight is 579 g/mol. The molecule has 3 aromatic carbocycles. The van der Waals surface area contributed by atoms with Crippen LogP contribution in [0.5, 0.6) is 5.75 Å². The van der Waals surface area contributed by atoms with Crippen molar-refractivity contribution in [1.82, 2.24) is 10.2 Å². The van der Waals surface area contributed by atoms with E-state index in [9.17, 15) is 18.0 Å². The van der Waals surface area contributed by atoms with Crippen molar-refractivity contribution in [2.24, 2.45) is 0 Å². The fraction of sp³-hybridized carbons (Fsp3) is 0.259. The summed E-state index contributed by atoms with van der Waals surface area (Å²) in [6.07, 6.45) is 0. The lowest BCUT2D eigenvalue weighted by atomic mass is 10.1. The van der Waals surface area contributed by atoms with Crippen LogP contribution in [0.4, 0.5) is 5.69 Å². The smallest absolute Gasteiger partial charge is 0.264 e. The van der Waals surface area contributed by atoms with Gasteiger partial charge in [0, 0.05) is 23.1 Å². The number of rotatable bonds is 11. The molecule has 0 spiro atoms. The minimum atomic E-state index is -4.20. The van der Waals surface area contributed by atoms with Crippen LogP contribution in [0.2, 0.25) is 10.0 Å². The third-order valence-electron chi connectivity index (χ3n) is 5.84. The Kier molecular flexibility index (Phi) is 10.0. The van der Waals surface area contributed by atoms with Crippen molar-refractivity contribution in [3.05, 3.63) is 88.4 Å². The van der Waals surface area contributed by atoms with Gasteiger partial charge < -0.3 is 15.0 Å². The highest BCUT2D eigenvalue weighted by atomic mass is 35.5. The number of anilines is 1. The van der Waals surface area contributed by atoms with Crippen molar-refractivity contribution in [1.29, 1.82) is 0 Å². The maximum atomic E-state index is 13.9. The summed E-state index contributed by atoms with van der Waals surface area (Å²) in [4.78, 5) is 27.9. The van der Waals surface area contributed by atoms with Crippen LogP contribution in [0.1, 0.15) is 19.4 Å². The molecular weight excluding hydrogens is 549 g/mol. The van der Waals surface area contributed by atoms with Crippen molar-refractivity contribution in [2.45, 2.75) is 31.3 Å². The number of nitrogens with one attached hydrogen (secondary N) is 1. The van der Waals surface area contributed by atoms with Gasteiger partial charge in [-0.2, -0.15) is 0 Å². The molecule has 3 rings (SSSR count). The predicted molar refractivity (Wildman–Crippen MR) is 149 cm³/mol. The van der Waals surface area contributed by atoms with Gasteiger partial charge in [-0.25, -0.2) is 8.42 Å². The van der Waals surface area contributed by atoms with E-state index in [4.69, 9.17) is 27.9 Å². The second-order valence-corrected chi connectivity index (χ2v) is 11.0. The number of amides is 2. The van der Waals surface area contributed by atoms with Gasteiger partial charge in [-0.1, -0.05) is 59.6 Å². The monoisotopic (exact) mass is 577 g/mol. The summed E-state index contributed by atoms with van der Waals surface area (Å²) in [5.74, 6) is -0.732. The van der Waals surface area contributed by atoms with Crippen molar-refractivity contribution >= 4 is 50.7 Å². The molecule has 8 nitrogen and oxygen atoms in total. The zero-order valence-corrected chi connectivity index (χ0v) is 23.6. The van der Waals surface area contributed by atoms with E-state index in [1.165, 1.54) is 24.1 Å². The van der Waals surface area contributed by atoms with Gasteiger partial charge in [0.2, 0.25) is 11.8 Å². The van der Waals surface area contributed by atoms with E-state index in [-0.39, 0.29) is 28.8 Å². The molecule has 0 saturated heterocycles. The van der Waals surface area contributed by atoms with Crippen molar-refractivity contribution in [2.75, 3.05) is 24.5 Å². The molecule has 0 aliphatic carbocycles. The first-order chi connectivity index (χ1) is 18.1. The molecule has 0 fully saturated rings. The van der Waals surface area contributed by atoms with Crippen LogP contribution in [0.3, 0.4) is 0 Å². The van der Waals surface area contributed by atoms with Crippen LogP contribution in [0.15, 0.2) is 77.7 Å². The van der Waals surface area contributed by atoms with Gasteiger partial charge in [-0.15, -0.1) is 0 Å². The Balaban J connectivity index is 2.07. The molecule has 0 saturated carbocycles. The second kappa shape index (κ2) is 13.0. The fourth-order valence-electron chi connectivity index (χ4n) is 3.81. The lowest BCUT2D eigenvalue weighted by Crippen LogP contribution is -2.51. The Morgan fingerprint density at radius 3 is 2.29 bits per heavy atom. The zero-order valence-electron chi connectivity index (χ0n) is 21.2. The third kappa shape index (κ3) is 6.78. The van der Waals surface area contributed by atoms with Gasteiger partial charge in [0.1, 0.15) is 18.3 Å². The Hall–Kier alpha value is -3.27. The van der Waals surface area contributed by atoms with Gasteiger partial charge in [-0.05, 0) is 55.8 Å². The summed E-state index contributed by atoms with van der Waals surface area (Å²) in [5, 5.41) is 3.45. The molecule has 2 amide bonds. The van der Waals surface area contributed by atoms with E-state index in [0.717, 1.165) is 4.31 Å². The molecule has 11 heteroatoms. The van der Waals surface area contributed by atoms with Crippen LogP contribution >= 0.6 is 23.2 Å². The normalized spacial score (nSPS) is 11.9. The Labute approximate surface area is 233 Å². The molecule has 0 aliphatic heterocycles. The molecule has 1 N–H and O–H groups in total. The number of methoxy groups -OCH3 is 1. The maximum Gasteiger partial charge on any atom is 0.264 e. The number of para-hydroxylation sites is 2. The Morgan fingerprint density at radius 2 is 1.66 bits per heavy atom. The number of carbonyl (C=O) groups excluding carboxylic acids is 2. The van der Waals surface area contributed by atoms with Gasteiger partial charge in [0.05, 0.1) is 17.7 Å². The van der Waals surface area contributed by atoms with E-state index < -0.39 is 28.5 Å². The van der Waals surface area contributed by atoms with Gasteiger partial charge in [0.15, 0.2) is 0 Å². The van der Waals surface area contributed by atoms with Gasteiger partial charge in [-0.3, -0.25) is 13.9 Å². The van der Waals surface area contributed by atoms with Crippen molar-refractivity contribution < 1.29 is 22.7 Å². The molecule has 0 bridgehead atoms. The molecule has 202 valence electrons. The number of likely N-dealkylation sites (N-methyl/N-ethyl adjacent to an activating group) is 1. The molecule has 0 radical (unpaired) electrons. The molecule has 0 aromatic heterocycles. The largest absolute Gasteiger partial charge is 0.495 e. The number of benzene rings is 3. The minimum Gasteiger partial charge on any atom is -0.495 e. The molecule has 0 heterocycles. The molecular formula is C27H29Cl2N3O5S. The molecule has 38 heavy (non-hydrogen) atoms. The predicted octanol–water partition coefficient (Wildman–Crippen LogP) is 4.75. The number of ether oxygens (including phenoxy) is 1. The number of halogens is 2. The van der Waals surface area contributed by atoms with E-state index >= 15 is 0 Å². The molecule has 0 unspecified atom stereocenters. The summed E-state index contributed by atoms with van der Waals surface area (Å²) in [6.45, 7) is 3.07. The highest BCUT2D eigenvalue weighted by Crippen LogP contribution is 2.32. The van der Waals surface area contributed by atoms with Crippen LogP contribution in [-0.4, -0.2) is 51.4 Å². The first kappa shape index (κ1) is 29.3. The van der Waals surface area contributed by atoms with Gasteiger partial charge >= 0.3 is 0 Å². The van der Waals surface area contributed by atoms with E-state index in [0.29, 0.717) is 22.2 Å². The summed E-state index contributed by atoms with van der Waals surface area (Å²) >= 11 is 12.4. The van der Waals surface area contributed by atoms with E-state index in [1.54, 1.807) is 74.5 Å². The topological polar surface area (TPSA) is 96.0 Å². The fourth-order valence-corrected chi connectivity index (χ4v) is 5.72. The van der Waals surface area contributed by atoms with Crippen LogP contribution in [0, 0.1) is 0 Å². The van der Waals surface area contributed by atoms with E-state index in [2.05, 4.69) is 5.32 Å². The maximum absolute atomic E-state index is 13.9. The SMILES string of the molecule is CCNC(=O)[C@H](C)N(Cc1ccc(Cl)cc1Cl)C(=O)CN(c1ccccc1OC)S(=O)(=O)c1ccccc1. The third-order valence-corrected chi connectivity index (χ3v) is 8.20. The molecule has 0 aliphatic rings. The molecule has 1 atom stereocenters. The van der Waals surface area contributed by atoms with E-state index in [1.807, 2.05) is 0 Å². The lowest BCUT2D eigenvalue weighted by Gasteiger charge is -2.32. The Bertz CT molecular complexity index is 1390. The number of nitrogens with zero attached hydrogens (tertiary/aromatic N) is 2. The minimum absolute atomic E-state index is 0.00257. The first-order valence-electron chi connectivity index (χ1n) is 11.8. The standard InChI is InChI=1S/C27H29Cl2N3O5S/c1-4-30-27(34)19(2)31(17-20-14-15-21(28)16-23(20)29)26(33)18-32(24-12-8-9-13-25(24)37-3)38(35,36)22-10-6-5-7-11-22/h5-16,19H,4,17-18H2,1-3H3,(H,30,34)/t19-/m0/s1. The zero-order chi connectivity index (χ0) is 27.9. The lowest BCUT2D eigenvalue weighted by molar-refractivity contribution is -0.139. The van der Waals surface area contributed by atoms with Gasteiger partial charge in [0.25, 0.3) is 10.0 Å². The summed E-state index contributed by atoms with van der Waals surface area (Å²) in [7, 11) is -2.78. The number of hydrogen-bond acceptors (Lipinski definition) is 5. The highest BCUT2D eigenvalue weighted by Gasteiger charge is 2.33. The quantitative estimate of drug-likeness (QED) is 0.354. The number of carbonyl (C=O) groups is 2. The summed E-state index contributed by atoms with van der Waals surface area (Å²) < 4.78 is 34.0. The summed E-state index contributed by atoms with van der Waals surface area (Å²) in [5.41, 5.74) is 0.734. The summed E-state index contributed by atoms with van der Waals surface area (Å²) in [6, 6.07) is 18.2. The van der Waals surface area contributed by atoms with Crippen LogP contribution in [0.25, 0.3) is 0 Å². The highest BCUT2D eigenvalue weighted by molar-refractivity contribution is 7.92. The average Bonchev–Trinajstić information content (AvgIpc) is 2.91.